The highest BCUT2D eigenvalue weighted by atomic mass is 15.2. The largest absolute Gasteiger partial charge is 0.312 e. The van der Waals surface area contributed by atoms with Gasteiger partial charge in [0.1, 0.15) is 12.2 Å². The molecule has 0 aliphatic carbocycles. The Morgan fingerprint density at radius 3 is 2.76 bits per heavy atom. The highest BCUT2D eigenvalue weighted by Crippen LogP contribution is 2.02. The van der Waals surface area contributed by atoms with Crippen LogP contribution in [-0.4, -0.2) is 21.7 Å². The number of nitriles is 1. The highest BCUT2D eigenvalue weighted by molar-refractivity contribution is 5.31. The molecule has 0 radical (unpaired) electrons. The first-order chi connectivity index (χ1) is 8.38. The Kier molecular flexibility index (Phi) is 3.84. The number of aromatic nitrogens is 3. The van der Waals surface area contributed by atoms with Crippen LogP contribution in [-0.2, 0) is 13.0 Å². The van der Waals surface area contributed by atoms with Gasteiger partial charge in [0.05, 0.1) is 11.6 Å². The van der Waals surface area contributed by atoms with Gasteiger partial charge in [-0.25, -0.2) is 4.98 Å². The molecule has 0 unspecified atom stereocenters. The summed E-state index contributed by atoms with van der Waals surface area (Å²) in [5.74, 6) is 0.886. The molecule has 1 heterocycles. The Balaban J connectivity index is 1.73. The minimum Gasteiger partial charge on any atom is -0.312 e. The highest BCUT2D eigenvalue weighted by Gasteiger charge is 1.96. The van der Waals surface area contributed by atoms with Crippen molar-refractivity contribution in [3.63, 3.8) is 0 Å². The Hall–Kier alpha value is -2.19. The summed E-state index contributed by atoms with van der Waals surface area (Å²) < 4.78 is 0. The van der Waals surface area contributed by atoms with Gasteiger partial charge in [0.15, 0.2) is 0 Å². The minimum atomic E-state index is 0.690. The minimum absolute atomic E-state index is 0.690. The van der Waals surface area contributed by atoms with E-state index in [4.69, 9.17) is 5.26 Å². The number of hydrogen-bond acceptors (Lipinski definition) is 4. The third-order valence-corrected chi connectivity index (χ3v) is 2.42. The smallest absolute Gasteiger partial charge is 0.137 e. The summed E-state index contributed by atoms with van der Waals surface area (Å²) in [6.45, 7) is 1.63. The molecule has 2 rings (SSSR count). The number of rotatable bonds is 5. The van der Waals surface area contributed by atoms with Crippen LogP contribution >= 0.6 is 0 Å². The van der Waals surface area contributed by atoms with Crippen molar-refractivity contribution in [2.75, 3.05) is 6.54 Å². The lowest BCUT2D eigenvalue weighted by molar-refractivity contribution is 0.671. The van der Waals surface area contributed by atoms with Crippen molar-refractivity contribution in [3.05, 3.63) is 47.5 Å². The molecule has 5 nitrogen and oxygen atoms in total. The molecule has 1 aromatic carbocycles. The third-order valence-electron chi connectivity index (χ3n) is 2.42. The molecule has 17 heavy (non-hydrogen) atoms. The van der Waals surface area contributed by atoms with E-state index < -0.39 is 0 Å². The van der Waals surface area contributed by atoms with Crippen molar-refractivity contribution in [3.8, 4) is 6.07 Å². The average molecular weight is 227 g/mol. The number of nitrogens with one attached hydrogen (secondary N) is 2. The molecule has 2 N–H and O–H groups in total. The molecule has 0 amide bonds. The monoisotopic (exact) mass is 227 g/mol. The lowest BCUT2D eigenvalue weighted by atomic mass is 10.1. The van der Waals surface area contributed by atoms with Crippen LogP contribution in [0.3, 0.4) is 0 Å². The van der Waals surface area contributed by atoms with E-state index in [1.54, 1.807) is 0 Å². The van der Waals surface area contributed by atoms with Crippen molar-refractivity contribution in [2.45, 2.75) is 13.0 Å². The summed E-state index contributed by atoms with van der Waals surface area (Å²) in [5.41, 5.74) is 1.86. The lowest BCUT2D eigenvalue weighted by Crippen LogP contribution is -2.17. The van der Waals surface area contributed by atoms with Crippen LogP contribution in [0.15, 0.2) is 30.6 Å². The lowest BCUT2D eigenvalue weighted by Gasteiger charge is -2.03. The summed E-state index contributed by atoms with van der Waals surface area (Å²) in [5, 5.41) is 18.6. The van der Waals surface area contributed by atoms with Crippen molar-refractivity contribution in [2.24, 2.45) is 0 Å². The number of aromatic amines is 1. The molecule has 0 saturated heterocycles. The maximum atomic E-state index is 8.67. The van der Waals surface area contributed by atoms with Gasteiger partial charge in [0.2, 0.25) is 0 Å². The summed E-state index contributed by atoms with van der Waals surface area (Å²) in [6.07, 6.45) is 2.34. The quantitative estimate of drug-likeness (QED) is 0.747. The van der Waals surface area contributed by atoms with E-state index in [2.05, 4.69) is 26.6 Å². The second-order valence-corrected chi connectivity index (χ2v) is 3.67. The fraction of sp³-hybridized carbons (Fsp3) is 0.250. The maximum absolute atomic E-state index is 8.67. The van der Waals surface area contributed by atoms with Gasteiger partial charge in [0, 0.05) is 19.5 Å². The van der Waals surface area contributed by atoms with Crippen LogP contribution in [0.1, 0.15) is 17.0 Å². The van der Waals surface area contributed by atoms with Crippen molar-refractivity contribution in [1.29, 1.82) is 5.26 Å². The maximum Gasteiger partial charge on any atom is 0.137 e. The van der Waals surface area contributed by atoms with Gasteiger partial charge >= 0.3 is 0 Å². The topological polar surface area (TPSA) is 77.4 Å². The molecule has 0 aliphatic rings. The van der Waals surface area contributed by atoms with Crippen LogP contribution in [0.4, 0.5) is 0 Å². The normalized spacial score (nSPS) is 10.1. The second-order valence-electron chi connectivity index (χ2n) is 3.67. The molecule has 0 saturated carbocycles. The van der Waals surface area contributed by atoms with E-state index >= 15 is 0 Å². The molecule has 1 aromatic heterocycles. The van der Waals surface area contributed by atoms with E-state index in [1.807, 2.05) is 24.3 Å². The van der Waals surface area contributed by atoms with E-state index in [1.165, 1.54) is 11.9 Å². The van der Waals surface area contributed by atoms with Crippen LogP contribution in [0.25, 0.3) is 0 Å². The van der Waals surface area contributed by atoms with Crippen LogP contribution < -0.4 is 5.32 Å². The van der Waals surface area contributed by atoms with Crippen molar-refractivity contribution in [1.82, 2.24) is 20.5 Å². The summed E-state index contributed by atoms with van der Waals surface area (Å²) >= 11 is 0. The third kappa shape index (κ3) is 3.40. The molecule has 5 heteroatoms. The zero-order chi connectivity index (χ0) is 11.9. The van der Waals surface area contributed by atoms with Gasteiger partial charge in [-0.05, 0) is 17.7 Å². The average Bonchev–Trinajstić information content (AvgIpc) is 2.88. The number of hydrogen-bond donors (Lipinski definition) is 2. The van der Waals surface area contributed by atoms with Crippen LogP contribution in [0.2, 0.25) is 0 Å². The van der Waals surface area contributed by atoms with Crippen LogP contribution in [0, 0.1) is 11.3 Å². The molecule has 0 atom stereocenters. The molecule has 0 fully saturated rings. The van der Waals surface area contributed by atoms with E-state index in [0.717, 1.165) is 25.3 Å². The first kappa shape index (κ1) is 11.3. The number of nitrogens with zero attached hydrogens (tertiary/aromatic N) is 3. The summed E-state index contributed by atoms with van der Waals surface area (Å²) in [4.78, 5) is 4.04. The van der Waals surface area contributed by atoms with Gasteiger partial charge < -0.3 is 5.32 Å². The molecule has 0 bridgehead atoms. The predicted octanol–water partition coefficient (Wildman–Crippen LogP) is 1.01. The zero-order valence-electron chi connectivity index (χ0n) is 9.35. The van der Waals surface area contributed by atoms with E-state index in [0.29, 0.717) is 5.56 Å². The molecule has 0 aliphatic heterocycles. The summed E-state index contributed by atoms with van der Waals surface area (Å²) in [7, 11) is 0. The number of H-pyrrole nitrogens is 1. The van der Waals surface area contributed by atoms with Crippen LogP contribution in [0.5, 0.6) is 0 Å². The van der Waals surface area contributed by atoms with Crippen molar-refractivity contribution >= 4 is 0 Å². The Bertz CT molecular complexity index is 481. The molecule has 0 spiro atoms. The number of benzene rings is 1. The SMILES string of the molecule is N#Cc1ccc(CNCCc2ncn[nH]2)cc1. The standard InChI is InChI=1S/C12H13N5/c13-7-10-1-3-11(4-2-10)8-14-6-5-12-15-9-16-17-12/h1-4,9,14H,5-6,8H2,(H,15,16,17). The van der Waals surface area contributed by atoms with E-state index in [9.17, 15) is 0 Å². The zero-order valence-corrected chi connectivity index (χ0v) is 9.35. The Labute approximate surface area is 99.5 Å². The fourth-order valence-electron chi connectivity index (χ4n) is 1.49. The van der Waals surface area contributed by atoms with E-state index in [-0.39, 0.29) is 0 Å². The van der Waals surface area contributed by atoms with Gasteiger partial charge in [-0.3, -0.25) is 5.10 Å². The van der Waals surface area contributed by atoms with Gasteiger partial charge in [0.25, 0.3) is 0 Å². The van der Waals surface area contributed by atoms with Crippen molar-refractivity contribution < 1.29 is 0 Å². The first-order valence-electron chi connectivity index (χ1n) is 5.42. The van der Waals surface area contributed by atoms with Gasteiger partial charge in [-0.2, -0.15) is 10.4 Å². The predicted molar refractivity (Wildman–Crippen MR) is 63.0 cm³/mol. The Morgan fingerprint density at radius 2 is 2.12 bits per heavy atom. The molecular formula is C12H13N5. The molecule has 2 aromatic rings. The van der Waals surface area contributed by atoms with Gasteiger partial charge in [-0.1, -0.05) is 12.1 Å². The molecule has 86 valence electrons. The Morgan fingerprint density at radius 1 is 1.29 bits per heavy atom. The summed E-state index contributed by atoms with van der Waals surface area (Å²) in [6, 6.07) is 9.67. The fourth-order valence-corrected chi connectivity index (χ4v) is 1.49. The second kappa shape index (κ2) is 5.77. The van der Waals surface area contributed by atoms with Gasteiger partial charge in [-0.15, -0.1) is 0 Å². The molecular weight excluding hydrogens is 214 g/mol. The first-order valence-corrected chi connectivity index (χ1v) is 5.42.